The van der Waals surface area contributed by atoms with Gasteiger partial charge in [-0.2, -0.15) is 0 Å². The highest BCUT2D eigenvalue weighted by atomic mass is 16.5. The first-order chi connectivity index (χ1) is 15.7. The lowest BCUT2D eigenvalue weighted by atomic mass is 10.1. The monoisotopic (exact) mass is 436 g/mol. The van der Waals surface area contributed by atoms with E-state index < -0.39 is 0 Å². The van der Waals surface area contributed by atoms with Gasteiger partial charge in [0.15, 0.2) is 5.96 Å². The summed E-state index contributed by atoms with van der Waals surface area (Å²) in [4.78, 5) is 21.6. The lowest BCUT2D eigenvalue weighted by Crippen LogP contribution is -2.41. The number of nitrogens with zero attached hydrogens (tertiary/aromatic N) is 3. The van der Waals surface area contributed by atoms with E-state index in [9.17, 15) is 4.79 Å². The molecular weight excluding hydrogens is 400 g/mol. The number of hydrogen-bond acceptors (Lipinski definition) is 3. The number of carbonyl (C=O) groups is 1. The number of rotatable bonds is 10. The lowest BCUT2D eigenvalue weighted by Gasteiger charge is -2.23. The molecule has 32 heavy (non-hydrogen) atoms. The topological polar surface area (TPSA) is 57.2 Å². The van der Waals surface area contributed by atoms with Crippen LogP contribution in [0, 0.1) is 5.92 Å². The predicted molar refractivity (Wildman–Crippen MR) is 129 cm³/mol. The maximum atomic E-state index is 12.8. The zero-order valence-electron chi connectivity index (χ0n) is 19.4. The zero-order chi connectivity index (χ0) is 22.6. The Labute approximate surface area is 192 Å². The average molecular weight is 437 g/mol. The van der Waals surface area contributed by atoms with Crippen LogP contribution < -0.4 is 5.32 Å². The molecule has 172 valence electrons. The van der Waals surface area contributed by atoms with Crippen LogP contribution in [0.25, 0.3) is 0 Å². The SMILES string of the molecule is CCNC(=NCC(=O)N(CC)Cc1ccccc1)N1CCC(COCc2ccccc2)C1. The van der Waals surface area contributed by atoms with Crippen molar-refractivity contribution in [3.63, 3.8) is 0 Å². The van der Waals surface area contributed by atoms with E-state index in [0.29, 0.717) is 25.6 Å². The molecule has 1 unspecified atom stereocenters. The molecule has 0 radical (unpaired) electrons. The van der Waals surface area contributed by atoms with Crippen LogP contribution in [0.5, 0.6) is 0 Å². The van der Waals surface area contributed by atoms with Gasteiger partial charge in [-0.15, -0.1) is 0 Å². The van der Waals surface area contributed by atoms with Crippen LogP contribution in [0.1, 0.15) is 31.4 Å². The van der Waals surface area contributed by atoms with Gasteiger partial charge in [0.25, 0.3) is 0 Å². The van der Waals surface area contributed by atoms with Gasteiger partial charge in [-0.1, -0.05) is 60.7 Å². The van der Waals surface area contributed by atoms with Crippen molar-refractivity contribution in [3.8, 4) is 0 Å². The molecule has 0 aromatic heterocycles. The number of amides is 1. The number of ether oxygens (including phenoxy) is 1. The van der Waals surface area contributed by atoms with Crippen LogP contribution in [-0.4, -0.2) is 61.0 Å². The summed E-state index contributed by atoms with van der Waals surface area (Å²) < 4.78 is 5.94. The molecule has 1 fully saturated rings. The van der Waals surface area contributed by atoms with Gasteiger partial charge in [-0.25, -0.2) is 4.99 Å². The van der Waals surface area contributed by atoms with E-state index in [-0.39, 0.29) is 12.5 Å². The predicted octanol–water partition coefficient (Wildman–Crippen LogP) is 3.54. The van der Waals surface area contributed by atoms with Gasteiger partial charge in [-0.05, 0) is 31.4 Å². The molecule has 1 heterocycles. The van der Waals surface area contributed by atoms with Gasteiger partial charge < -0.3 is 19.9 Å². The van der Waals surface area contributed by atoms with Gasteiger partial charge in [0.2, 0.25) is 5.91 Å². The van der Waals surface area contributed by atoms with E-state index in [1.165, 1.54) is 5.56 Å². The van der Waals surface area contributed by atoms with Crippen molar-refractivity contribution in [1.82, 2.24) is 15.1 Å². The Morgan fingerprint density at radius 1 is 1.09 bits per heavy atom. The van der Waals surface area contributed by atoms with Gasteiger partial charge in [0.05, 0.1) is 13.2 Å². The molecule has 2 aromatic rings. The molecule has 0 spiro atoms. The number of nitrogens with one attached hydrogen (secondary N) is 1. The minimum absolute atomic E-state index is 0.0497. The number of guanidine groups is 1. The van der Waals surface area contributed by atoms with Gasteiger partial charge >= 0.3 is 0 Å². The van der Waals surface area contributed by atoms with Crippen molar-refractivity contribution in [1.29, 1.82) is 0 Å². The van der Waals surface area contributed by atoms with Crippen LogP contribution in [-0.2, 0) is 22.7 Å². The maximum Gasteiger partial charge on any atom is 0.244 e. The minimum Gasteiger partial charge on any atom is -0.376 e. The third-order valence-corrected chi connectivity index (χ3v) is 5.70. The van der Waals surface area contributed by atoms with Crippen LogP contribution in [0.15, 0.2) is 65.7 Å². The van der Waals surface area contributed by atoms with Crippen LogP contribution >= 0.6 is 0 Å². The highest BCUT2D eigenvalue weighted by molar-refractivity contribution is 5.85. The molecule has 6 nitrogen and oxygen atoms in total. The second kappa shape index (κ2) is 12.9. The molecule has 1 aliphatic rings. The summed E-state index contributed by atoms with van der Waals surface area (Å²) in [5.41, 5.74) is 2.34. The summed E-state index contributed by atoms with van der Waals surface area (Å²) in [6, 6.07) is 20.4. The third-order valence-electron chi connectivity index (χ3n) is 5.70. The van der Waals surface area contributed by atoms with Crippen molar-refractivity contribution in [3.05, 3.63) is 71.8 Å². The molecule has 0 bridgehead atoms. The van der Waals surface area contributed by atoms with Crippen LogP contribution in [0.3, 0.4) is 0 Å². The maximum absolute atomic E-state index is 12.8. The number of likely N-dealkylation sites (N-methyl/N-ethyl adjacent to an activating group) is 1. The first-order valence-electron chi connectivity index (χ1n) is 11.7. The summed E-state index contributed by atoms with van der Waals surface area (Å²) in [6.07, 6.45) is 1.07. The van der Waals surface area contributed by atoms with E-state index in [0.717, 1.165) is 44.2 Å². The van der Waals surface area contributed by atoms with E-state index in [1.54, 1.807) is 0 Å². The summed E-state index contributed by atoms with van der Waals surface area (Å²) in [5.74, 6) is 1.35. The Morgan fingerprint density at radius 2 is 1.78 bits per heavy atom. The standard InChI is InChI=1S/C26H36N4O2/c1-3-27-26(28-17-25(31)29(4-2)18-22-11-7-5-8-12-22)30-16-15-24(19-30)21-32-20-23-13-9-6-10-14-23/h5-14,24H,3-4,15-21H2,1-2H3,(H,27,28). The summed E-state index contributed by atoms with van der Waals surface area (Å²) in [7, 11) is 0. The van der Waals surface area contributed by atoms with Gasteiger partial charge in [-0.3, -0.25) is 4.79 Å². The molecule has 6 heteroatoms. The normalized spacial score (nSPS) is 16.2. The molecule has 1 N–H and O–H groups in total. The molecule has 2 aromatic carbocycles. The first-order valence-corrected chi connectivity index (χ1v) is 11.7. The average Bonchev–Trinajstić information content (AvgIpc) is 3.30. The highest BCUT2D eigenvalue weighted by Crippen LogP contribution is 2.17. The van der Waals surface area contributed by atoms with E-state index in [2.05, 4.69) is 34.3 Å². The number of hydrogen-bond donors (Lipinski definition) is 1. The molecule has 0 aliphatic carbocycles. The molecular formula is C26H36N4O2. The second-order valence-electron chi connectivity index (χ2n) is 8.17. The fraction of sp³-hybridized carbons (Fsp3) is 0.462. The molecule has 1 atom stereocenters. The quantitative estimate of drug-likeness (QED) is 0.457. The largest absolute Gasteiger partial charge is 0.376 e. The Balaban J connectivity index is 1.49. The molecule has 3 rings (SSSR count). The van der Waals surface area contributed by atoms with Crippen molar-refractivity contribution in [2.75, 3.05) is 39.3 Å². The summed E-state index contributed by atoms with van der Waals surface area (Å²) in [6.45, 7) is 9.51. The van der Waals surface area contributed by atoms with E-state index in [1.807, 2.05) is 60.4 Å². The first kappa shape index (κ1) is 23.8. The number of carbonyl (C=O) groups excluding carboxylic acids is 1. The van der Waals surface area contributed by atoms with Crippen molar-refractivity contribution >= 4 is 11.9 Å². The zero-order valence-corrected chi connectivity index (χ0v) is 19.4. The van der Waals surface area contributed by atoms with Crippen LogP contribution in [0.4, 0.5) is 0 Å². The van der Waals surface area contributed by atoms with E-state index >= 15 is 0 Å². The minimum atomic E-state index is 0.0497. The number of benzene rings is 2. The van der Waals surface area contributed by atoms with Crippen molar-refractivity contribution in [2.45, 2.75) is 33.4 Å². The smallest absolute Gasteiger partial charge is 0.244 e. The molecule has 1 amide bonds. The summed E-state index contributed by atoms with van der Waals surface area (Å²) in [5, 5.41) is 3.35. The third kappa shape index (κ3) is 7.38. The van der Waals surface area contributed by atoms with E-state index in [4.69, 9.17) is 4.74 Å². The van der Waals surface area contributed by atoms with Crippen molar-refractivity contribution < 1.29 is 9.53 Å². The fourth-order valence-corrected chi connectivity index (χ4v) is 3.93. The molecule has 0 saturated carbocycles. The Kier molecular flexibility index (Phi) is 9.57. The molecule has 1 saturated heterocycles. The molecule has 1 aliphatic heterocycles. The highest BCUT2D eigenvalue weighted by Gasteiger charge is 2.25. The Morgan fingerprint density at radius 3 is 2.44 bits per heavy atom. The Bertz CT molecular complexity index is 841. The van der Waals surface area contributed by atoms with Crippen LogP contribution in [0.2, 0.25) is 0 Å². The fourth-order valence-electron chi connectivity index (χ4n) is 3.93. The van der Waals surface area contributed by atoms with Gasteiger partial charge in [0, 0.05) is 38.6 Å². The Hall–Kier alpha value is -2.86. The van der Waals surface area contributed by atoms with Crippen molar-refractivity contribution in [2.24, 2.45) is 10.9 Å². The summed E-state index contributed by atoms with van der Waals surface area (Å²) >= 11 is 0. The second-order valence-corrected chi connectivity index (χ2v) is 8.17. The lowest BCUT2D eigenvalue weighted by molar-refractivity contribution is -0.130. The van der Waals surface area contributed by atoms with Gasteiger partial charge in [0.1, 0.15) is 6.54 Å². The number of likely N-dealkylation sites (tertiary alicyclic amines) is 1. The number of aliphatic imine (C=N–C) groups is 1.